The highest BCUT2D eigenvalue weighted by Gasteiger charge is 2.21. The number of anilines is 1. The fourth-order valence-corrected chi connectivity index (χ4v) is 2.43. The van der Waals surface area contributed by atoms with E-state index in [4.69, 9.17) is 21.1 Å². The molecule has 2 aromatic rings. The van der Waals surface area contributed by atoms with Gasteiger partial charge in [0.2, 0.25) is 0 Å². The molecule has 0 radical (unpaired) electrons. The van der Waals surface area contributed by atoms with Crippen molar-refractivity contribution in [3.05, 3.63) is 52.5 Å². The van der Waals surface area contributed by atoms with E-state index in [1.165, 1.54) is 12.1 Å². The van der Waals surface area contributed by atoms with Crippen LogP contribution in [-0.2, 0) is 0 Å². The first-order valence-electron chi connectivity index (χ1n) is 6.79. The minimum absolute atomic E-state index is 0.0883. The summed E-state index contributed by atoms with van der Waals surface area (Å²) in [6.07, 6.45) is 0. The van der Waals surface area contributed by atoms with Gasteiger partial charge in [-0.1, -0.05) is 23.7 Å². The summed E-state index contributed by atoms with van der Waals surface area (Å²) >= 11 is 5.98. The predicted molar refractivity (Wildman–Crippen MR) is 83.8 cm³/mol. The molecule has 118 valence electrons. The molecule has 1 aliphatic heterocycles. The van der Waals surface area contributed by atoms with Gasteiger partial charge in [0, 0.05) is 12.1 Å². The quantitative estimate of drug-likeness (QED) is 0.901. The number of carboxylic acids is 1. The standard InChI is InChI=1S/C16H12ClNO5/c17-11-4-2-1-3-9(11)15(19)18-12-8-14-13(22-5-6-23-14)7-10(12)16(20)21/h1-4,7-8H,5-6H2,(H,18,19)(H,20,21). The molecule has 23 heavy (non-hydrogen) atoms. The van der Waals surface area contributed by atoms with Gasteiger partial charge in [0.05, 0.1) is 21.8 Å². The van der Waals surface area contributed by atoms with Crippen molar-refractivity contribution in [3.63, 3.8) is 0 Å². The monoisotopic (exact) mass is 333 g/mol. The maximum Gasteiger partial charge on any atom is 0.337 e. The highest BCUT2D eigenvalue weighted by Crippen LogP contribution is 2.36. The third-order valence-electron chi connectivity index (χ3n) is 3.28. The number of ether oxygens (including phenoxy) is 2. The number of nitrogens with one attached hydrogen (secondary N) is 1. The van der Waals surface area contributed by atoms with E-state index >= 15 is 0 Å². The number of aromatic carboxylic acids is 1. The highest BCUT2D eigenvalue weighted by atomic mass is 35.5. The maximum absolute atomic E-state index is 12.3. The largest absolute Gasteiger partial charge is 0.486 e. The molecule has 0 spiro atoms. The minimum atomic E-state index is -1.18. The number of hydrogen-bond donors (Lipinski definition) is 2. The van der Waals surface area contributed by atoms with Crippen molar-refractivity contribution in [1.29, 1.82) is 0 Å². The molecular weight excluding hydrogens is 322 g/mol. The molecule has 0 unspecified atom stereocenters. The number of benzene rings is 2. The van der Waals surface area contributed by atoms with Gasteiger partial charge in [-0.25, -0.2) is 4.79 Å². The van der Waals surface area contributed by atoms with Crippen LogP contribution in [0, 0.1) is 0 Å². The SMILES string of the molecule is O=C(Nc1cc2c(cc1C(=O)O)OCCO2)c1ccccc1Cl. The Morgan fingerprint density at radius 2 is 1.70 bits per heavy atom. The van der Waals surface area contributed by atoms with Crippen LogP contribution in [0.3, 0.4) is 0 Å². The Hall–Kier alpha value is -2.73. The van der Waals surface area contributed by atoms with Crippen molar-refractivity contribution in [2.45, 2.75) is 0 Å². The Morgan fingerprint density at radius 3 is 2.35 bits per heavy atom. The second kappa shape index (κ2) is 6.18. The van der Waals surface area contributed by atoms with E-state index in [1.807, 2.05) is 0 Å². The average molecular weight is 334 g/mol. The van der Waals surface area contributed by atoms with Gasteiger partial charge in [-0.15, -0.1) is 0 Å². The molecule has 0 atom stereocenters. The summed E-state index contributed by atoms with van der Waals surface area (Å²) in [6, 6.07) is 9.27. The first-order valence-corrected chi connectivity index (χ1v) is 7.17. The smallest absolute Gasteiger partial charge is 0.337 e. The van der Waals surface area contributed by atoms with Gasteiger partial charge in [0.1, 0.15) is 13.2 Å². The van der Waals surface area contributed by atoms with E-state index in [-0.39, 0.29) is 21.8 Å². The molecule has 1 heterocycles. The Balaban J connectivity index is 1.97. The number of fused-ring (bicyclic) bond motifs is 1. The lowest BCUT2D eigenvalue weighted by Gasteiger charge is -2.20. The molecular formula is C16H12ClNO5. The zero-order chi connectivity index (χ0) is 16.4. The maximum atomic E-state index is 12.3. The first-order chi connectivity index (χ1) is 11.1. The van der Waals surface area contributed by atoms with E-state index in [2.05, 4.69) is 5.32 Å². The van der Waals surface area contributed by atoms with Crippen LogP contribution >= 0.6 is 11.6 Å². The van der Waals surface area contributed by atoms with Crippen molar-refractivity contribution >= 4 is 29.2 Å². The zero-order valence-electron chi connectivity index (χ0n) is 11.8. The van der Waals surface area contributed by atoms with E-state index in [0.29, 0.717) is 24.7 Å². The minimum Gasteiger partial charge on any atom is -0.486 e. The van der Waals surface area contributed by atoms with Gasteiger partial charge in [-0.2, -0.15) is 0 Å². The van der Waals surface area contributed by atoms with Gasteiger partial charge in [0.25, 0.3) is 5.91 Å². The van der Waals surface area contributed by atoms with Crippen LogP contribution in [0.25, 0.3) is 0 Å². The van der Waals surface area contributed by atoms with Crippen molar-refractivity contribution < 1.29 is 24.2 Å². The summed E-state index contributed by atoms with van der Waals surface area (Å²) in [5.41, 5.74) is 0.279. The third-order valence-corrected chi connectivity index (χ3v) is 3.61. The Bertz CT molecular complexity index is 790. The molecule has 0 saturated heterocycles. The molecule has 0 aliphatic carbocycles. The van der Waals surface area contributed by atoms with Crippen molar-refractivity contribution in [2.75, 3.05) is 18.5 Å². The first kappa shape index (κ1) is 15.2. The van der Waals surface area contributed by atoms with Crippen LogP contribution in [0.1, 0.15) is 20.7 Å². The topological polar surface area (TPSA) is 84.9 Å². The van der Waals surface area contributed by atoms with Crippen LogP contribution < -0.4 is 14.8 Å². The molecule has 1 aliphatic rings. The molecule has 1 amide bonds. The lowest BCUT2D eigenvalue weighted by molar-refractivity contribution is 0.0697. The van der Waals surface area contributed by atoms with Crippen LogP contribution in [0.4, 0.5) is 5.69 Å². The highest BCUT2D eigenvalue weighted by molar-refractivity contribution is 6.34. The normalized spacial score (nSPS) is 12.6. The second-order valence-electron chi connectivity index (χ2n) is 4.78. The molecule has 0 aromatic heterocycles. The predicted octanol–water partition coefficient (Wildman–Crippen LogP) is 3.06. The number of halogens is 1. The van der Waals surface area contributed by atoms with E-state index in [0.717, 1.165) is 0 Å². The Morgan fingerprint density at radius 1 is 1.04 bits per heavy atom. The van der Waals surface area contributed by atoms with Crippen LogP contribution in [0.2, 0.25) is 5.02 Å². The number of hydrogen-bond acceptors (Lipinski definition) is 4. The summed E-state index contributed by atoms with van der Waals surface area (Å²) in [5.74, 6) is -0.966. The van der Waals surface area contributed by atoms with Crippen LogP contribution in [-0.4, -0.2) is 30.2 Å². The van der Waals surface area contributed by atoms with Gasteiger partial charge in [0.15, 0.2) is 11.5 Å². The summed E-state index contributed by atoms with van der Waals surface area (Å²) in [4.78, 5) is 23.7. The van der Waals surface area contributed by atoms with E-state index in [9.17, 15) is 14.7 Å². The van der Waals surface area contributed by atoms with Crippen LogP contribution in [0.5, 0.6) is 11.5 Å². The number of rotatable bonds is 3. The molecule has 2 N–H and O–H groups in total. The zero-order valence-corrected chi connectivity index (χ0v) is 12.6. The summed E-state index contributed by atoms with van der Waals surface area (Å²) in [5, 5.41) is 12.2. The Labute approximate surface area is 136 Å². The molecule has 3 rings (SSSR count). The van der Waals surface area contributed by atoms with E-state index < -0.39 is 11.9 Å². The van der Waals surface area contributed by atoms with Gasteiger partial charge in [-0.05, 0) is 12.1 Å². The number of carbonyl (C=O) groups excluding carboxylic acids is 1. The number of amides is 1. The molecule has 2 aromatic carbocycles. The fraction of sp³-hybridized carbons (Fsp3) is 0.125. The second-order valence-corrected chi connectivity index (χ2v) is 5.19. The van der Waals surface area contributed by atoms with Crippen molar-refractivity contribution in [2.24, 2.45) is 0 Å². The molecule has 0 bridgehead atoms. The molecule has 0 fully saturated rings. The third kappa shape index (κ3) is 3.07. The van der Waals surface area contributed by atoms with Crippen molar-refractivity contribution in [1.82, 2.24) is 0 Å². The van der Waals surface area contributed by atoms with Gasteiger partial charge in [-0.3, -0.25) is 4.79 Å². The number of carboxylic acid groups (broad SMARTS) is 1. The van der Waals surface area contributed by atoms with Crippen molar-refractivity contribution in [3.8, 4) is 11.5 Å². The summed E-state index contributed by atoms with van der Waals surface area (Å²) < 4.78 is 10.8. The Kier molecular flexibility index (Phi) is 4.08. The van der Waals surface area contributed by atoms with Crippen LogP contribution in [0.15, 0.2) is 36.4 Å². The lowest BCUT2D eigenvalue weighted by Crippen LogP contribution is -2.19. The molecule has 6 nitrogen and oxygen atoms in total. The van der Waals surface area contributed by atoms with E-state index in [1.54, 1.807) is 24.3 Å². The molecule has 7 heteroatoms. The molecule has 0 saturated carbocycles. The van der Waals surface area contributed by atoms with Gasteiger partial charge < -0.3 is 19.9 Å². The summed E-state index contributed by atoms with van der Waals surface area (Å²) in [7, 11) is 0. The van der Waals surface area contributed by atoms with Gasteiger partial charge >= 0.3 is 5.97 Å². The average Bonchev–Trinajstić information content (AvgIpc) is 2.54. The number of carbonyl (C=O) groups is 2. The fourth-order valence-electron chi connectivity index (χ4n) is 2.20. The lowest BCUT2D eigenvalue weighted by atomic mass is 10.1. The summed E-state index contributed by atoms with van der Waals surface area (Å²) in [6.45, 7) is 0.703.